The van der Waals surface area contributed by atoms with E-state index in [9.17, 15) is 14.4 Å². The molecule has 0 fully saturated rings. The first-order valence-corrected chi connectivity index (χ1v) is 8.76. The lowest BCUT2D eigenvalue weighted by Gasteiger charge is -2.12. The van der Waals surface area contributed by atoms with Crippen LogP contribution in [0.4, 0.5) is 0 Å². The van der Waals surface area contributed by atoms with Gasteiger partial charge in [0.05, 0.1) is 5.39 Å². The van der Waals surface area contributed by atoms with Gasteiger partial charge in [-0.25, -0.2) is 9.59 Å². The Morgan fingerprint density at radius 1 is 1.14 bits per heavy atom. The summed E-state index contributed by atoms with van der Waals surface area (Å²) in [4.78, 5) is 34.8. The van der Waals surface area contributed by atoms with E-state index in [1.807, 2.05) is 12.1 Å². The highest BCUT2D eigenvalue weighted by molar-refractivity contribution is 5.85. The Kier molecular flexibility index (Phi) is 5.74. The first-order valence-electron chi connectivity index (χ1n) is 8.76. The number of carbonyl (C=O) groups excluding carboxylic acids is 1. The zero-order chi connectivity index (χ0) is 20.1. The highest BCUT2D eigenvalue weighted by Crippen LogP contribution is 2.24. The van der Waals surface area contributed by atoms with Crippen molar-refractivity contribution in [2.75, 3.05) is 6.61 Å². The largest absolute Gasteiger partial charge is 0.484 e. The summed E-state index contributed by atoms with van der Waals surface area (Å²) in [6.45, 7) is 1.37. The van der Waals surface area contributed by atoms with Crippen molar-refractivity contribution in [2.24, 2.45) is 0 Å². The van der Waals surface area contributed by atoms with E-state index in [1.54, 1.807) is 49.4 Å². The first-order chi connectivity index (χ1) is 13.5. The molecule has 7 heteroatoms. The lowest BCUT2D eigenvalue weighted by molar-refractivity contribution is -0.142. The molecule has 28 heavy (non-hydrogen) atoms. The number of nitrogens with one attached hydrogen (secondary N) is 1. The van der Waals surface area contributed by atoms with Crippen LogP contribution in [0.1, 0.15) is 13.3 Å². The summed E-state index contributed by atoms with van der Waals surface area (Å²) in [5.41, 5.74) is 0.283. The molecule has 0 saturated heterocycles. The lowest BCUT2D eigenvalue weighted by Crippen LogP contribution is -2.42. The second kappa shape index (κ2) is 8.39. The number of hydrogen-bond acceptors (Lipinski definition) is 5. The Balaban J connectivity index is 1.68. The smallest absolute Gasteiger partial charge is 0.344 e. The zero-order valence-electron chi connectivity index (χ0n) is 15.2. The van der Waals surface area contributed by atoms with Gasteiger partial charge in [0, 0.05) is 5.56 Å². The highest BCUT2D eigenvalue weighted by Gasteiger charge is 2.17. The van der Waals surface area contributed by atoms with Crippen molar-refractivity contribution in [1.82, 2.24) is 5.32 Å². The van der Waals surface area contributed by atoms with Crippen LogP contribution < -0.4 is 15.7 Å². The Bertz CT molecular complexity index is 1050. The van der Waals surface area contributed by atoms with Crippen LogP contribution in [0.15, 0.2) is 63.8 Å². The van der Waals surface area contributed by atoms with E-state index < -0.39 is 23.5 Å². The van der Waals surface area contributed by atoms with Crippen molar-refractivity contribution >= 4 is 22.6 Å². The minimum Gasteiger partial charge on any atom is -0.484 e. The van der Waals surface area contributed by atoms with E-state index in [2.05, 4.69) is 5.32 Å². The Labute approximate surface area is 160 Å². The van der Waals surface area contributed by atoms with Crippen molar-refractivity contribution < 1.29 is 23.8 Å². The number of carboxylic acid groups (broad SMARTS) is 1. The minimum atomic E-state index is -1.09. The van der Waals surface area contributed by atoms with Crippen LogP contribution in [0.2, 0.25) is 0 Å². The fourth-order valence-electron chi connectivity index (χ4n) is 2.72. The third-order valence-electron chi connectivity index (χ3n) is 4.22. The summed E-state index contributed by atoms with van der Waals surface area (Å²) < 4.78 is 10.8. The Morgan fingerprint density at radius 2 is 1.86 bits per heavy atom. The fourth-order valence-corrected chi connectivity index (χ4v) is 2.72. The van der Waals surface area contributed by atoms with E-state index in [0.29, 0.717) is 22.5 Å². The third kappa shape index (κ3) is 4.37. The topological polar surface area (TPSA) is 106 Å². The molecule has 2 aromatic carbocycles. The van der Waals surface area contributed by atoms with Gasteiger partial charge in [0.1, 0.15) is 17.6 Å². The fraction of sp³-hybridized carbons (Fsp3) is 0.190. The quantitative estimate of drug-likeness (QED) is 0.652. The SMILES string of the molecule is CC[C@@H](NC(=O)COc1ccc(-c2cc3ccccc3c(=O)o2)cc1)C(=O)O. The molecule has 7 nitrogen and oxygen atoms in total. The molecule has 144 valence electrons. The average Bonchev–Trinajstić information content (AvgIpc) is 2.70. The Morgan fingerprint density at radius 3 is 2.54 bits per heavy atom. The van der Waals surface area contributed by atoms with Gasteiger partial charge in [-0.2, -0.15) is 0 Å². The lowest BCUT2D eigenvalue weighted by atomic mass is 10.1. The average molecular weight is 381 g/mol. The number of carboxylic acids is 1. The zero-order valence-corrected chi connectivity index (χ0v) is 15.2. The molecular weight excluding hydrogens is 362 g/mol. The number of fused-ring (bicyclic) bond motifs is 1. The van der Waals surface area contributed by atoms with Crippen LogP contribution in [0.5, 0.6) is 5.75 Å². The number of hydrogen-bond donors (Lipinski definition) is 2. The van der Waals surface area contributed by atoms with Crippen LogP contribution in [-0.4, -0.2) is 29.6 Å². The number of aliphatic carboxylic acids is 1. The van der Waals surface area contributed by atoms with Crippen molar-refractivity contribution in [3.8, 4) is 17.1 Å². The molecular formula is C21H19NO6. The molecule has 0 unspecified atom stereocenters. The van der Waals surface area contributed by atoms with Gasteiger partial charge in [-0.1, -0.05) is 25.1 Å². The minimum absolute atomic E-state index is 0.284. The summed E-state index contributed by atoms with van der Waals surface area (Å²) in [5, 5.41) is 12.6. The second-order valence-electron chi connectivity index (χ2n) is 6.16. The van der Waals surface area contributed by atoms with Gasteiger partial charge >= 0.3 is 11.6 Å². The van der Waals surface area contributed by atoms with Gasteiger partial charge in [0.2, 0.25) is 0 Å². The molecule has 3 aromatic rings. The van der Waals surface area contributed by atoms with E-state index >= 15 is 0 Å². The number of carbonyl (C=O) groups is 2. The van der Waals surface area contributed by atoms with Crippen molar-refractivity contribution in [2.45, 2.75) is 19.4 Å². The predicted octanol–water partition coefficient (Wildman–Crippen LogP) is 2.82. The summed E-state index contributed by atoms with van der Waals surface area (Å²) in [6.07, 6.45) is 0.284. The molecule has 1 heterocycles. The predicted molar refractivity (Wildman–Crippen MR) is 103 cm³/mol. The van der Waals surface area contributed by atoms with E-state index in [4.69, 9.17) is 14.3 Å². The van der Waals surface area contributed by atoms with Crippen molar-refractivity contribution in [1.29, 1.82) is 0 Å². The van der Waals surface area contributed by atoms with E-state index in [1.165, 1.54) is 0 Å². The maximum absolute atomic E-state index is 12.1. The maximum atomic E-state index is 12.1. The highest BCUT2D eigenvalue weighted by atomic mass is 16.5. The Hall–Kier alpha value is -3.61. The van der Waals surface area contributed by atoms with Gasteiger partial charge in [0.25, 0.3) is 5.91 Å². The van der Waals surface area contributed by atoms with Crippen LogP contribution in [0, 0.1) is 0 Å². The maximum Gasteiger partial charge on any atom is 0.344 e. The molecule has 0 spiro atoms. The number of ether oxygens (including phenoxy) is 1. The standard InChI is InChI=1S/C21H19NO6/c1-2-17(20(24)25)22-19(23)12-27-15-9-7-13(8-10-15)18-11-14-5-3-4-6-16(14)21(26)28-18/h3-11,17H,2,12H2,1H3,(H,22,23)(H,24,25)/t17-/m1/s1. The molecule has 0 aliphatic carbocycles. The van der Waals surface area contributed by atoms with Crippen molar-refractivity contribution in [3.63, 3.8) is 0 Å². The van der Waals surface area contributed by atoms with Crippen LogP contribution in [0.25, 0.3) is 22.1 Å². The van der Waals surface area contributed by atoms with Crippen LogP contribution >= 0.6 is 0 Å². The summed E-state index contributed by atoms with van der Waals surface area (Å²) >= 11 is 0. The molecule has 0 bridgehead atoms. The molecule has 3 rings (SSSR count). The van der Waals surface area contributed by atoms with Gasteiger partial charge < -0.3 is 19.6 Å². The number of rotatable bonds is 7. The van der Waals surface area contributed by atoms with Gasteiger partial charge in [-0.3, -0.25) is 4.79 Å². The monoisotopic (exact) mass is 381 g/mol. The van der Waals surface area contributed by atoms with Gasteiger partial charge in [-0.05, 0) is 48.2 Å². The van der Waals surface area contributed by atoms with Crippen LogP contribution in [-0.2, 0) is 9.59 Å². The van der Waals surface area contributed by atoms with Gasteiger partial charge in [0.15, 0.2) is 6.61 Å². The number of amides is 1. The molecule has 0 aliphatic heterocycles. The molecule has 2 N–H and O–H groups in total. The second-order valence-corrected chi connectivity index (χ2v) is 6.16. The summed E-state index contributed by atoms with van der Waals surface area (Å²) in [7, 11) is 0. The molecule has 1 aromatic heterocycles. The van der Waals surface area contributed by atoms with E-state index in [0.717, 1.165) is 5.39 Å². The molecule has 1 atom stereocenters. The summed E-state index contributed by atoms with van der Waals surface area (Å²) in [6, 6.07) is 14.7. The molecule has 0 aliphatic rings. The number of benzene rings is 2. The third-order valence-corrected chi connectivity index (χ3v) is 4.22. The van der Waals surface area contributed by atoms with Crippen LogP contribution in [0.3, 0.4) is 0 Å². The normalized spacial score (nSPS) is 11.8. The molecule has 1 amide bonds. The summed E-state index contributed by atoms with van der Waals surface area (Å²) in [5.74, 6) is -0.735. The molecule has 0 saturated carbocycles. The van der Waals surface area contributed by atoms with Crippen molar-refractivity contribution in [3.05, 3.63) is 65.0 Å². The molecule has 0 radical (unpaired) electrons. The van der Waals surface area contributed by atoms with Gasteiger partial charge in [-0.15, -0.1) is 0 Å². The van der Waals surface area contributed by atoms with E-state index in [-0.39, 0.29) is 13.0 Å². The first kappa shape index (κ1) is 19.2.